The Bertz CT molecular complexity index is 887. The predicted molar refractivity (Wildman–Crippen MR) is 87.9 cm³/mol. The summed E-state index contributed by atoms with van der Waals surface area (Å²) in [5.41, 5.74) is 1.94. The second-order valence-corrected chi connectivity index (χ2v) is 5.45. The molecule has 1 N–H and O–H groups in total. The predicted octanol–water partition coefficient (Wildman–Crippen LogP) is 4.04. The van der Waals surface area contributed by atoms with Crippen molar-refractivity contribution < 1.29 is 14.3 Å². The zero-order chi connectivity index (χ0) is 15.8. The number of rotatable bonds is 2. The summed E-state index contributed by atoms with van der Waals surface area (Å²) in [6.45, 7) is 0. The molecular formula is C19H15NO3. The van der Waals surface area contributed by atoms with Crippen LogP contribution in [0.2, 0.25) is 0 Å². The molecule has 23 heavy (non-hydrogen) atoms. The minimum Gasteiger partial charge on any atom is -0.497 e. The average molecular weight is 305 g/mol. The van der Waals surface area contributed by atoms with Crippen LogP contribution in [0.1, 0.15) is 17.2 Å². The molecule has 4 nitrogen and oxygen atoms in total. The van der Waals surface area contributed by atoms with E-state index < -0.39 is 6.09 Å². The van der Waals surface area contributed by atoms with Crippen LogP contribution >= 0.6 is 0 Å². The second-order valence-electron chi connectivity index (χ2n) is 5.45. The van der Waals surface area contributed by atoms with E-state index in [9.17, 15) is 4.79 Å². The molecule has 0 bridgehead atoms. The Labute approximate surface area is 133 Å². The van der Waals surface area contributed by atoms with Crippen molar-refractivity contribution in [1.29, 1.82) is 0 Å². The molecule has 1 amide bonds. The maximum Gasteiger partial charge on any atom is 0.413 e. The van der Waals surface area contributed by atoms with Crippen LogP contribution in [0.5, 0.6) is 11.5 Å². The summed E-state index contributed by atoms with van der Waals surface area (Å²) >= 11 is 0. The van der Waals surface area contributed by atoms with Crippen LogP contribution in [0.15, 0.2) is 60.7 Å². The molecule has 114 valence electrons. The number of ether oxygens (including phenoxy) is 2. The number of hydrogen-bond acceptors (Lipinski definition) is 3. The molecule has 0 aromatic heterocycles. The highest BCUT2D eigenvalue weighted by Crippen LogP contribution is 2.39. The van der Waals surface area contributed by atoms with Gasteiger partial charge in [0.15, 0.2) is 0 Å². The van der Waals surface area contributed by atoms with Gasteiger partial charge in [-0.05, 0) is 23.1 Å². The van der Waals surface area contributed by atoms with Crippen LogP contribution in [0.25, 0.3) is 10.8 Å². The van der Waals surface area contributed by atoms with E-state index in [0.29, 0.717) is 5.75 Å². The van der Waals surface area contributed by atoms with Crippen LogP contribution in [0.3, 0.4) is 0 Å². The summed E-state index contributed by atoms with van der Waals surface area (Å²) < 4.78 is 10.7. The Hall–Kier alpha value is -3.01. The average Bonchev–Trinajstić information content (AvgIpc) is 2.61. The van der Waals surface area contributed by atoms with E-state index in [1.807, 2.05) is 60.7 Å². The lowest BCUT2D eigenvalue weighted by molar-refractivity contribution is 0.192. The van der Waals surface area contributed by atoms with Crippen molar-refractivity contribution in [3.05, 3.63) is 71.8 Å². The lowest BCUT2D eigenvalue weighted by atomic mass is 9.94. The fourth-order valence-electron chi connectivity index (χ4n) is 2.98. The third kappa shape index (κ3) is 2.28. The van der Waals surface area contributed by atoms with Crippen molar-refractivity contribution in [2.24, 2.45) is 0 Å². The van der Waals surface area contributed by atoms with Crippen LogP contribution in [0.4, 0.5) is 4.79 Å². The number of fused-ring (bicyclic) bond motifs is 3. The largest absolute Gasteiger partial charge is 0.497 e. The summed E-state index contributed by atoms with van der Waals surface area (Å²) in [6, 6.07) is 19.4. The Balaban J connectivity index is 1.87. The first-order valence-corrected chi connectivity index (χ1v) is 7.40. The Morgan fingerprint density at radius 2 is 1.78 bits per heavy atom. The quantitative estimate of drug-likeness (QED) is 0.777. The SMILES string of the molecule is COc1ccc(C2NC(=O)Oc3c2ccc2ccccc32)cc1. The van der Waals surface area contributed by atoms with Gasteiger partial charge in [0.05, 0.1) is 13.2 Å². The minimum absolute atomic E-state index is 0.234. The van der Waals surface area contributed by atoms with Gasteiger partial charge >= 0.3 is 6.09 Å². The van der Waals surface area contributed by atoms with Gasteiger partial charge in [0.1, 0.15) is 11.5 Å². The van der Waals surface area contributed by atoms with Gasteiger partial charge in [0.2, 0.25) is 0 Å². The summed E-state index contributed by atoms with van der Waals surface area (Å²) in [5.74, 6) is 1.42. The number of methoxy groups -OCH3 is 1. The van der Waals surface area contributed by atoms with Crippen molar-refractivity contribution in [2.75, 3.05) is 7.11 Å². The molecule has 3 aromatic carbocycles. The molecular weight excluding hydrogens is 290 g/mol. The van der Waals surface area contributed by atoms with Crippen molar-refractivity contribution in [3.8, 4) is 11.5 Å². The molecule has 0 aliphatic carbocycles. The molecule has 0 saturated heterocycles. The van der Waals surface area contributed by atoms with E-state index >= 15 is 0 Å². The first-order valence-electron chi connectivity index (χ1n) is 7.40. The van der Waals surface area contributed by atoms with E-state index in [0.717, 1.165) is 27.6 Å². The van der Waals surface area contributed by atoms with Crippen LogP contribution in [0, 0.1) is 0 Å². The Morgan fingerprint density at radius 3 is 2.57 bits per heavy atom. The Kier molecular flexibility index (Phi) is 3.15. The molecule has 1 unspecified atom stereocenters. The second kappa shape index (κ2) is 5.32. The van der Waals surface area contributed by atoms with E-state index in [-0.39, 0.29) is 6.04 Å². The molecule has 0 radical (unpaired) electrons. The van der Waals surface area contributed by atoms with Gasteiger partial charge in [-0.2, -0.15) is 0 Å². The van der Waals surface area contributed by atoms with Gasteiger partial charge in [-0.25, -0.2) is 4.79 Å². The molecule has 1 aliphatic heterocycles. The third-order valence-electron chi connectivity index (χ3n) is 4.13. The van der Waals surface area contributed by atoms with Gasteiger partial charge in [0.25, 0.3) is 0 Å². The number of nitrogens with one attached hydrogen (secondary N) is 1. The molecule has 4 rings (SSSR count). The smallest absolute Gasteiger partial charge is 0.413 e. The molecule has 0 saturated carbocycles. The van der Waals surface area contributed by atoms with Crippen LogP contribution in [-0.4, -0.2) is 13.2 Å². The van der Waals surface area contributed by atoms with Gasteiger partial charge in [-0.1, -0.05) is 48.5 Å². The highest BCUT2D eigenvalue weighted by Gasteiger charge is 2.28. The van der Waals surface area contributed by atoms with Crippen molar-refractivity contribution in [1.82, 2.24) is 5.32 Å². The zero-order valence-electron chi connectivity index (χ0n) is 12.6. The van der Waals surface area contributed by atoms with E-state index in [2.05, 4.69) is 5.32 Å². The number of carbonyl (C=O) groups is 1. The van der Waals surface area contributed by atoms with Crippen molar-refractivity contribution in [3.63, 3.8) is 0 Å². The standard InChI is InChI=1S/C19H15NO3/c1-22-14-9-6-13(7-10-14)17-16-11-8-12-4-2-3-5-15(12)18(16)23-19(21)20-17/h2-11,17H,1H3,(H,20,21). The first kappa shape index (κ1) is 13.6. The summed E-state index contributed by atoms with van der Waals surface area (Å²) in [5, 5.41) is 4.88. The van der Waals surface area contributed by atoms with Gasteiger partial charge < -0.3 is 14.8 Å². The van der Waals surface area contributed by atoms with Crippen LogP contribution in [-0.2, 0) is 0 Å². The van der Waals surface area contributed by atoms with Crippen molar-refractivity contribution in [2.45, 2.75) is 6.04 Å². The topological polar surface area (TPSA) is 47.6 Å². The molecule has 1 atom stereocenters. The van der Waals surface area contributed by atoms with E-state index in [1.165, 1.54) is 0 Å². The number of benzene rings is 3. The highest BCUT2D eigenvalue weighted by atomic mass is 16.6. The molecule has 1 heterocycles. The number of carbonyl (C=O) groups excluding carboxylic acids is 1. The fourth-order valence-corrected chi connectivity index (χ4v) is 2.98. The number of amides is 1. The summed E-state index contributed by atoms with van der Waals surface area (Å²) in [6.07, 6.45) is -0.435. The summed E-state index contributed by atoms with van der Waals surface area (Å²) in [4.78, 5) is 12.0. The van der Waals surface area contributed by atoms with Gasteiger partial charge in [0, 0.05) is 10.9 Å². The zero-order valence-corrected chi connectivity index (χ0v) is 12.6. The van der Waals surface area contributed by atoms with Gasteiger partial charge in [-0.15, -0.1) is 0 Å². The maximum absolute atomic E-state index is 12.0. The fraction of sp³-hybridized carbons (Fsp3) is 0.105. The lowest BCUT2D eigenvalue weighted by Gasteiger charge is -2.27. The monoisotopic (exact) mass is 305 g/mol. The molecule has 1 aliphatic rings. The van der Waals surface area contributed by atoms with Gasteiger partial charge in [-0.3, -0.25) is 0 Å². The maximum atomic E-state index is 12.0. The summed E-state index contributed by atoms with van der Waals surface area (Å²) in [7, 11) is 1.63. The molecule has 3 aromatic rings. The van der Waals surface area contributed by atoms with Crippen molar-refractivity contribution >= 4 is 16.9 Å². The molecule has 4 heteroatoms. The minimum atomic E-state index is -0.435. The number of hydrogen-bond donors (Lipinski definition) is 1. The lowest BCUT2D eigenvalue weighted by Crippen LogP contribution is -2.36. The first-order chi connectivity index (χ1) is 11.3. The molecule has 0 fully saturated rings. The van der Waals surface area contributed by atoms with E-state index in [4.69, 9.17) is 9.47 Å². The normalized spacial score (nSPS) is 16.4. The Morgan fingerprint density at radius 1 is 1.00 bits per heavy atom. The highest BCUT2D eigenvalue weighted by molar-refractivity contribution is 5.93. The van der Waals surface area contributed by atoms with E-state index in [1.54, 1.807) is 7.11 Å². The molecule has 0 spiro atoms. The third-order valence-corrected chi connectivity index (χ3v) is 4.13. The van der Waals surface area contributed by atoms with Crippen LogP contribution < -0.4 is 14.8 Å².